The van der Waals surface area contributed by atoms with Crippen LogP contribution in [0.2, 0.25) is 0 Å². The minimum absolute atomic E-state index is 0.125. The van der Waals surface area contributed by atoms with Gasteiger partial charge in [0.05, 0.1) is 6.04 Å². The van der Waals surface area contributed by atoms with Crippen molar-refractivity contribution >= 4 is 24.2 Å². The van der Waals surface area contributed by atoms with Gasteiger partial charge in [-0.2, -0.15) is 0 Å². The second-order valence-electron chi connectivity index (χ2n) is 6.53. The van der Waals surface area contributed by atoms with E-state index in [9.17, 15) is 14.4 Å². The summed E-state index contributed by atoms with van der Waals surface area (Å²) in [7, 11) is 3.43. The monoisotopic (exact) mass is 360 g/mol. The summed E-state index contributed by atoms with van der Waals surface area (Å²) < 4.78 is 0. The van der Waals surface area contributed by atoms with Gasteiger partial charge in [-0.25, -0.2) is 0 Å². The normalized spacial score (nSPS) is 15.6. The second-order valence-corrected chi connectivity index (χ2v) is 6.53. The molecule has 0 aliphatic carbocycles. The number of rotatable bonds is 9. The minimum Gasteiger partial charge on any atom is -0.369 e. The number of benzene rings is 1. The first-order valence-corrected chi connectivity index (χ1v) is 9.00. The summed E-state index contributed by atoms with van der Waals surface area (Å²) in [5, 5.41) is 5.98. The summed E-state index contributed by atoms with van der Waals surface area (Å²) in [5.74, 6) is -0.125. The molecule has 1 saturated heterocycles. The highest BCUT2D eigenvalue weighted by Crippen LogP contribution is 2.22. The van der Waals surface area contributed by atoms with Crippen molar-refractivity contribution in [1.29, 1.82) is 0 Å². The summed E-state index contributed by atoms with van der Waals surface area (Å²) >= 11 is 0. The molecule has 142 valence electrons. The lowest BCUT2D eigenvalue weighted by molar-refractivity contribution is -0.126. The molecule has 7 heteroatoms. The number of hydrogen-bond donors (Lipinski definition) is 2. The van der Waals surface area contributed by atoms with Crippen LogP contribution in [0.15, 0.2) is 18.2 Å². The lowest BCUT2D eigenvalue weighted by atomic mass is 10.0. The molecule has 2 N–H and O–H groups in total. The Morgan fingerprint density at radius 1 is 1.35 bits per heavy atom. The number of hydrogen-bond acceptors (Lipinski definition) is 6. The van der Waals surface area contributed by atoms with Gasteiger partial charge in [0.1, 0.15) is 12.6 Å². The molecule has 1 atom stereocenters. The van der Waals surface area contributed by atoms with Gasteiger partial charge in [0, 0.05) is 57.4 Å². The molecular formula is C19H28N4O3. The minimum atomic E-state index is -0.410. The molecule has 0 aromatic heterocycles. The zero-order valence-electron chi connectivity index (χ0n) is 15.5. The van der Waals surface area contributed by atoms with Gasteiger partial charge in [-0.15, -0.1) is 0 Å². The molecule has 1 unspecified atom stereocenters. The molecule has 1 amide bonds. The third-order valence-electron chi connectivity index (χ3n) is 4.79. The summed E-state index contributed by atoms with van der Waals surface area (Å²) in [6.45, 7) is 4.20. The molecule has 0 bridgehead atoms. The van der Waals surface area contributed by atoms with Crippen molar-refractivity contribution in [2.75, 3.05) is 45.2 Å². The van der Waals surface area contributed by atoms with Crippen molar-refractivity contribution in [3.8, 4) is 0 Å². The third kappa shape index (κ3) is 5.12. The van der Waals surface area contributed by atoms with E-state index in [1.807, 2.05) is 30.1 Å². The van der Waals surface area contributed by atoms with E-state index in [0.717, 1.165) is 50.0 Å². The van der Waals surface area contributed by atoms with Crippen LogP contribution in [0.1, 0.15) is 28.8 Å². The van der Waals surface area contributed by atoms with Crippen molar-refractivity contribution in [3.05, 3.63) is 29.3 Å². The van der Waals surface area contributed by atoms with E-state index < -0.39 is 6.04 Å². The Hall–Kier alpha value is -2.25. The van der Waals surface area contributed by atoms with E-state index in [4.69, 9.17) is 0 Å². The number of carbonyl (C=O) groups is 3. The number of piperazine rings is 1. The summed E-state index contributed by atoms with van der Waals surface area (Å²) in [4.78, 5) is 38.5. The van der Waals surface area contributed by atoms with Crippen LogP contribution in [0, 0.1) is 0 Å². The fourth-order valence-corrected chi connectivity index (χ4v) is 3.29. The van der Waals surface area contributed by atoms with E-state index in [0.29, 0.717) is 24.9 Å². The Labute approximate surface area is 154 Å². The van der Waals surface area contributed by atoms with Gasteiger partial charge >= 0.3 is 0 Å². The molecule has 1 aromatic rings. The van der Waals surface area contributed by atoms with Crippen LogP contribution in [0.5, 0.6) is 0 Å². The SMILES string of the molecule is CNC(=O)C(CCC=O)N(C)Cc1cc(N2CCNCC2)ccc1C=O. The highest BCUT2D eigenvalue weighted by Gasteiger charge is 2.23. The highest BCUT2D eigenvalue weighted by atomic mass is 16.2. The Bertz CT molecular complexity index is 629. The Morgan fingerprint density at radius 3 is 2.69 bits per heavy atom. The van der Waals surface area contributed by atoms with Gasteiger partial charge in [0.15, 0.2) is 0 Å². The summed E-state index contributed by atoms with van der Waals surface area (Å²) in [6.07, 6.45) is 2.45. The van der Waals surface area contributed by atoms with Gasteiger partial charge < -0.3 is 20.3 Å². The number of nitrogens with one attached hydrogen (secondary N) is 2. The van der Waals surface area contributed by atoms with E-state index in [1.165, 1.54) is 0 Å². The molecule has 26 heavy (non-hydrogen) atoms. The topological polar surface area (TPSA) is 81.8 Å². The molecule has 0 spiro atoms. The van der Waals surface area contributed by atoms with Crippen LogP contribution >= 0.6 is 0 Å². The zero-order chi connectivity index (χ0) is 18.9. The molecule has 2 rings (SSSR count). The van der Waals surface area contributed by atoms with Crippen molar-refractivity contribution in [2.45, 2.75) is 25.4 Å². The number of carbonyl (C=O) groups excluding carboxylic acids is 3. The van der Waals surface area contributed by atoms with E-state index in [-0.39, 0.29) is 5.91 Å². The van der Waals surface area contributed by atoms with Gasteiger partial charge in [0.25, 0.3) is 0 Å². The quantitative estimate of drug-likeness (QED) is 0.622. The van der Waals surface area contributed by atoms with E-state index in [2.05, 4.69) is 15.5 Å². The Balaban J connectivity index is 2.20. The van der Waals surface area contributed by atoms with Crippen LogP contribution < -0.4 is 15.5 Å². The van der Waals surface area contributed by atoms with E-state index in [1.54, 1.807) is 7.05 Å². The fraction of sp³-hybridized carbons (Fsp3) is 0.526. The van der Waals surface area contributed by atoms with Crippen molar-refractivity contribution in [1.82, 2.24) is 15.5 Å². The average Bonchev–Trinajstić information content (AvgIpc) is 2.68. The maximum absolute atomic E-state index is 12.2. The predicted octanol–water partition coefficient (Wildman–Crippen LogP) is 0.434. The highest BCUT2D eigenvalue weighted by molar-refractivity contribution is 5.82. The third-order valence-corrected chi connectivity index (χ3v) is 4.79. The molecule has 1 aromatic carbocycles. The summed E-state index contributed by atoms with van der Waals surface area (Å²) in [5.41, 5.74) is 2.60. The number of likely N-dealkylation sites (N-methyl/N-ethyl adjacent to an activating group) is 2. The number of aldehydes is 2. The Kier molecular flexibility index (Phi) is 7.74. The van der Waals surface area contributed by atoms with Gasteiger partial charge in [-0.3, -0.25) is 14.5 Å². The maximum atomic E-state index is 12.2. The first-order valence-electron chi connectivity index (χ1n) is 9.00. The lowest BCUT2D eigenvalue weighted by Crippen LogP contribution is -2.44. The smallest absolute Gasteiger partial charge is 0.237 e. The van der Waals surface area contributed by atoms with Crippen LogP contribution in [-0.4, -0.2) is 69.7 Å². The largest absolute Gasteiger partial charge is 0.369 e. The van der Waals surface area contributed by atoms with Gasteiger partial charge in [-0.05, 0) is 37.2 Å². The lowest BCUT2D eigenvalue weighted by Gasteiger charge is -2.31. The zero-order valence-corrected chi connectivity index (χ0v) is 15.5. The first kappa shape index (κ1) is 20.1. The molecule has 0 radical (unpaired) electrons. The second kappa shape index (κ2) is 10.0. The standard InChI is InChI=1S/C19H28N4O3/c1-20-19(26)18(4-3-11-24)22(2)13-16-12-17(6-5-15(16)14-25)23-9-7-21-8-10-23/h5-6,11-12,14,18,21H,3-4,7-10,13H2,1-2H3,(H,20,26). The average molecular weight is 360 g/mol. The maximum Gasteiger partial charge on any atom is 0.237 e. The molecule has 1 aliphatic heterocycles. The van der Waals surface area contributed by atoms with Crippen molar-refractivity contribution in [3.63, 3.8) is 0 Å². The van der Waals surface area contributed by atoms with Crippen LogP contribution in [0.25, 0.3) is 0 Å². The molecule has 7 nitrogen and oxygen atoms in total. The fourth-order valence-electron chi connectivity index (χ4n) is 3.29. The molecule has 1 heterocycles. The van der Waals surface area contributed by atoms with Crippen molar-refractivity contribution in [2.24, 2.45) is 0 Å². The first-order chi connectivity index (χ1) is 12.6. The van der Waals surface area contributed by atoms with E-state index >= 15 is 0 Å². The van der Waals surface area contributed by atoms with Gasteiger partial charge in [0.2, 0.25) is 5.91 Å². The van der Waals surface area contributed by atoms with Crippen LogP contribution in [0.4, 0.5) is 5.69 Å². The Morgan fingerprint density at radius 2 is 2.08 bits per heavy atom. The number of nitrogens with zero attached hydrogens (tertiary/aromatic N) is 2. The summed E-state index contributed by atoms with van der Waals surface area (Å²) in [6, 6.07) is 5.44. The molecular weight excluding hydrogens is 332 g/mol. The van der Waals surface area contributed by atoms with Crippen LogP contribution in [-0.2, 0) is 16.1 Å². The van der Waals surface area contributed by atoms with Crippen molar-refractivity contribution < 1.29 is 14.4 Å². The predicted molar refractivity (Wildman–Crippen MR) is 102 cm³/mol. The molecule has 1 fully saturated rings. The van der Waals surface area contributed by atoms with Crippen LogP contribution in [0.3, 0.4) is 0 Å². The molecule has 0 saturated carbocycles. The molecule has 1 aliphatic rings. The number of amides is 1. The number of anilines is 1. The van der Waals surface area contributed by atoms with Gasteiger partial charge in [-0.1, -0.05) is 0 Å².